The molecule has 1 fully saturated rings. The first-order valence-corrected chi connectivity index (χ1v) is 12.6. The van der Waals surface area contributed by atoms with Crippen LogP contribution in [-0.4, -0.2) is 40.6 Å². The number of nitrogens with zero attached hydrogens (tertiary/aromatic N) is 3. The molecular weight excluding hydrogens is 470 g/mol. The highest BCUT2D eigenvalue weighted by Gasteiger charge is 2.35. The standard InChI is InChI=1S/C28H31N5O4/c1-4-29-26(35)19-9-11-24(22(13-19)30-27(36)21-10-8-17(2)31(3)28(21)37)32-14-18-12-20(16-32)23-6-5-7-25(34)33(23)15-18/h5-11,13,18,20H,4,12,14-16H2,1-3H3,(H,29,35)(H,30,36)/t18-,20+/m0/s1. The molecule has 1 saturated heterocycles. The van der Waals surface area contributed by atoms with Gasteiger partial charge < -0.3 is 24.7 Å². The zero-order valence-corrected chi connectivity index (χ0v) is 21.3. The number of benzene rings is 1. The first-order chi connectivity index (χ1) is 17.8. The maximum Gasteiger partial charge on any atom is 0.263 e. The van der Waals surface area contributed by atoms with Crippen molar-refractivity contribution in [1.82, 2.24) is 14.5 Å². The predicted octanol–water partition coefficient (Wildman–Crippen LogP) is 2.48. The van der Waals surface area contributed by atoms with Crippen molar-refractivity contribution in [1.29, 1.82) is 0 Å². The van der Waals surface area contributed by atoms with Crippen molar-refractivity contribution in [2.24, 2.45) is 13.0 Å². The summed E-state index contributed by atoms with van der Waals surface area (Å²) in [5.41, 5.74) is 3.14. The van der Waals surface area contributed by atoms with E-state index in [0.29, 0.717) is 37.4 Å². The number of fused-ring (bicyclic) bond motifs is 4. The third kappa shape index (κ3) is 4.57. The zero-order valence-electron chi connectivity index (χ0n) is 21.3. The highest BCUT2D eigenvalue weighted by molar-refractivity contribution is 6.07. The van der Waals surface area contributed by atoms with E-state index in [1.165, 1.54) is 10.6 Å². The third-order valence-corrected chi connectivity index (χ3v) is 7.46. The number of pyridine rings is 2. The lowest BCUT2D eigenvalue weighted by Crippen LogP contribution is -2.47. The van der Waals surface area contributed by atoms with Crippen molar-refractivity contribution in [3.05, 3.63) is 91.8 Å². The van der Waals surface area contributed by atoms with Crippen molar-refractivity contribution in [2.75, 3.05) is 29.9 Å². The molecule has 9 nitrogen and oxygen atoms in total. The second-order valence-electron chi connectivity index (χ2n) is 9.90. The molecular formula is C28H31N5O4. The molecule has 0 spiro atoms. The van der Waals surface area contributed by atoms with E-state index in [9.17, 15) is 19.2 Å². The number of hydrogen-bond acceptors (Lipinski definition) is 5. The number of aryl methyl sites for hydroxylation is 1. The summed E-state index contributed by atoms with van der Waals surface area (Å²) in [5, 5.41) is 5.71. The third-order valence-electron chi connectivity index (χ3n) is 7.46. The van der Waals surface area contributed by atoms with Gasteiger partial charge in [-0.2, -0.15) is 0 Å². The Morgan fingerprint density at radius 3 is 2.59 bits per heavy atom. The Kier molecular flexibility index (Phi) is 6.45. The number of rotatable bonds is 5. The van der Waals surface area contributed by atoms with Gasteiger partial charge in [0.2, 0.25) is 0 Å². The zero-order chi connectivity index (χ0) is 26.3. The SMILES string of the molecule is CCNC(=O)c1ccc(N2C[C@@H]3C[C@H](C2)c2cccc(=O)n2C3)c(NC(=O)c2ccc(C)n(C)c2=O)c1. The smallest absolute Gasteiger partial charge is 0.263 e. The Hall–Kier alpha value is -4.14. The van der Waals surface area contributed by atoms with Crippen LogP contribution >= 0.6 is 0 Å². The topological polar surface area (TPSA) is 105 Å². The molecule has 0 aliphatic carbocycles. The second-order valence-corrected chi connectivity index (χ2v) is 9.90. The highest BCUT2D eigenvalue weighted by atomic mass is 16.2. The molecule has 37 heavy (non-hydrogen) atoms. The summed E-state index contributed by atoms with van der Waals surface area (Å²) < 4.78 is 3.32. The molecule has 192 valence electrons. The molecule has 0 saturated carbocycles. The molecule has 2 aliphatic rings. The lowest BCUT2D eigenvalue weighted by molar-refractivity contribution is 0.0954. The summed E-state index contributed by atoms with van der Waals surface area (Å²) in [6.45, 7) is 6.17. The van der Waals surface area contributed by atoms with Gasteiger partial charge in [0.15, 0.2) is 0 Å². The van der Waals surface area contributed by atoms with E-state index in [4.69, 9.17) is 0 Å². The van der Waals surface area contributed by atoms with Gasteiger partial charge in [0.1, 0.15) is 5.56 Å². The number of carbonyl (C=O) groups is 2. The van der Waals surface area contributed by atoms with Crippen molar-refractivity contribution in [3.63, 3.8) is 0 Å². The van der Waals surface area contributed by atoms with Crippen LogP contribution in [0, 0.1) is 12.8 Å². The van der Waals surface area contributed by atoms with Gasteiger partial charge in [0.05, 0.1) is 11.4 Å². The summed E-state index contributed by atoms with van der Waals surface area (Å²) in [7, 11) is 1.63. The minimum atomic E-state index is -0.524. The van der Waals surface area contributed by atoms with Crippen LogP contribution in [0.1, 0.15) is 51.4 Å². The molecule has 5 rings (SSSR count). The van der Waals surface area contributed by atoms with E-state index in [2.05, 4.69) is 15.5 Å². The van der Waals surface area contributed by atoms with Crippen molar-refractivity contribution in [3.8, 4) is 0 Å². The van der Waals surface area contributed by atoms with E-state index >= 15 is 0 Å². The van der Waals surface area contributed by atoms with Crippen LogP contribution in [-0.2, 0) is 13.6 Å². The first kappa shape index (κ1) is 24.5. The summed E-state index contributed by atoms with van der Waals surface area (Å²) in [6, 6.07) is 14.0. The molecule has 2 N–H and O–H groups in total. The fourth-order valence-electron chi connectivity index (χ4n) is 5.50. The van der Waals surface area contributed by atoms with Gasteiger partial charge in [0, 0.05) is 62.2 Å². The molecule has 2 atom stereocenters. The molecule has 4 heterocycles. The summed E-state index contributed by atoms with van der Waals surface area (Å²) >= 11 is 0. The van der Waals surface area contributed by atoms with Gasteiger partial charge in [-0.25, -0.2) is 0 Å². The van der Waals surface area contributed by atoms with Crippen LogP contribution in [0.2, 0.25) is 0 Å². The Bertz CT molecular complexity index is 1510. The monoisotopic (exact) mass is 501 g/mol. The van der Waals surface area contributed by atoms with Crippen LogP contribution in [0.4, 0.5) is 11.4 Å². The van der Waals surface area contributed by atoms with Crippen LogP contribution in [0.3, 0.4) is 0 Å². The number of nitrogens with one attached hydrogen (secondary N) is 2. The summed E-state index contributed by atoms with van der Waals surface area (Å²) in [5.74, 6) is -0.302. The average molecular weight is 502 g/mol. The molecule has 2 bridgehead atoms. The number of piperidine rings is 1. The molecule has 9 heteroatoms. The Morgan fingerprint density at radius 1 is 1.00 bits per heavy atom. The minimum Gasteiger partial charge on any atom is -0.369 e. The van der Waals surface area contributed by atoms with E-state index in [-0.39, 0.29) is 34.4 Å². The van der Waals surface area contributed by atoms with E-state index < -0.39 is 5.91 Å². The fraction of sp³-hybridized carbons (Fsp3) is 0.357. The number of carbonyl (C=O) groups excluding carboxylic acids is 2. The maximum absolute atomic E-state index is 13.3. The fourth-order valence-corrected chi connectivity index (χ4v) is 5.50. The van der Waals surface area contributed by atoms with Crippen LogP contribution in [0.25, 0.3) is 0 Å². The molecule has 1 aromatic carbocycles. The average Bonchev–Trinajstić information content (AvgIpc) is 2.88. The van der Waals surface area contributed by atoms with E-state index in [1.807, 2.05) is 29.7 Å². The second kappa shape index (κ2) is 9.72. The Balaban J connectivity index is 1.51. The highest BCUT2D eigenvalue weighted by Crippen LogP contribution is 2.39. The van der Waals surface area contributed by atoms with Crippen molar-refractivity contribution < 1.29 is 9.59 Å². The maximum atomic E-state index is 13.3. The lowest BCUT2D eigenvalue weighted by atomic mass is 9.83. The predicted molar refractivity (Wildman–Crippen MR) is 143 cm³/mol. The molecule has 2 aliphatic heterocycles. The van der Waals surface area contributed by atoms with Gasteiger partial charge in [-0.05, 0) is 62.6 Å². The van der Waals surface area contributed by atoms with Crippen molar-refractivity contribution >= 4 is 23.2 Å². The summed E-state index contributed by atoms with van der Waals surface area (Å²) in [4.78, 5) is 53.2. The minimum absolute atomic E-state index is 0.0274. The van der Waals surface area contributed by atoms with Gasteiger partial charge >= 0.3 is 0 Å². The van der Waals surface area contributed by atoms with Gasteiger partial charge in [-0.1, -0.05) is 6.07 Å². The van der Waals surface area contributed by atoms with Gasteiger partial charge in [-0.15, -0.1) is 0 Å². The largest absolute Gasteiger partial charge is 0.369 e. The molecule has 0 unspecified atom stereocenters. The molecule has 3 aromatic rings. The number of aromatic nitrogens is 2. The normalized spacial score (nSPS) is 18.2. The van der Waals surface area contributed by atoms with E-state index in [1.54, 1.807) is 38.2 Å². The molecule has 2 aromatic heterocycles. The van der Waals surface area contributed by atoms with Gasteiger partial charge in [0.25, 0.3) is 22.9 Å². The number of amides is 2. The Morgan fingerprint density at radius 2 is 1.81 bits per heavy atom. The first-order valence-electron chi connectivity index (χ1n) is 12.6. The lowest BCUT2D eigenvalue weighted by Gasteiger charge is -2.44. The molecule has 0 radical (unpaired) electrons. The van der Waals surface area contributed by atoms with Crippen molar-refractivity contribution in [2.45, 2.75) is 32.7 Å². The number of anilines is 2. The quantitative estimate of drug-likeness (QED) is 0.559. The summed E-state index contributed by atoms with van der Waals surface area (Å²) in [6.07, 6.45) is 0.998. The van der Waals surface area contributed by atoms with Crippen LogP contribution in [0.5, 0.6) is 0 Å². The van der Waals surface area contributed by atoms with Crippen LogP contribution < -0.4 is 26.7 Å². The van der Waals surface area contributed by atoms with Crippen LogP contribution in [0.15, 0.2) is 58.1 Å². The van der Waals surface area contributed by atoms with E-state index in [0.717, 1.165) is 23.5 Å². The molecule has 2 amide bonds. The van der Waals surface area contributed by atoms with Gasteiger partial charge in [-0.3, -0.25) is 19.2 Å². The number of hydrogen-bond donors (Lipinski definition) is 2. The Labute approximate surface area is 214 Å².